The van der Waals surface area contributed by atoms with Crippen LogP contribution in [0.1, 0.15) is 29.5 Å². The summed E-state index contributed by atoms with van der Waals surface area (Å²) in [4.78, 5) is 26.9. The summed E-state index contributed by atoms with van der Waals surface area (Å²) in [5, 5.41) is 3.21. The van der Waals surface area contributed by atoms with Crippen molar-refractivity contribution in [2.75, 3.05) is 22.3 Å². The van der Waals surface area contributed by atoms with E-state index >= 15 is 0 Å². The lowest BCUT2D eigenvalue weighted by Crippen LogP contribution is -2.40. The third-order valence-electron chi connectivity index (χ3n) is 6.12. The Kier molecular flexibility index (Phi) is 7.66. The Bertz CT molecular complexity index is 1390. The van der Waals surface area contributed by atoms with Gasteiger partial charge in [-0.05, 0) is 67.8 Å². The third kappa shape index (κ3) is 5.71. The molecule has 1 aliphatic rings. The highest BCUT2D eigenvalue weighted by atomic mass is 35.5. The summed E-state index contributed by atoms with van der Waals surface area (Å²) in [6.45, 7) is 4.15. The quantitative estimate of drug-likeness (QED) is 0.466. The number of carbonyl (C=O) groups is 2. The van der Waals surface area contributed by atoms with Gasteiger partial charge in [0.2, 0.25) is 11.8 Å². The maximum Gasteiger partial charge on any atom is 0.264 e. The van der Waals surface area contributed by atoms with Crippen LogP contribution in [0.3, 0.4) is 0 Å². The lowest BCUT2D eigenvalue weighted by Gasteiger charge is -2.25. The minimum absolute atomic E-state index is 0.0839. The molecule has 3 aromatic carbocycles. The summed E-state index contributed by atoms with van der Waals surface area (Å²) in [6, 6.07) is 18.8. The van der Waals surface area contributed by atoms with Gasteiger partial charge in [-0.1, -0.05) is 47.5 Å². The van der Waals surface area contributed by atoms with E-state index in [1.807, 2.05) is 38.1 Å². The van der Waals surface area contributed by atoms with Gasteiger partial charge in [0.05, 0.1) is 10.6 Å². The van der Waals surface area contributed by atoms with Crippen molar-refractivity contribution in [2.24, 2.45) is 0 Å². The van der Waals surface area contributed by atoms with Gasteiger partial charge in [0.1, 0.15) is 6.54 Å². The molecule has 7 nitrogen and oxygen atoms in total. The summed E-state index contributed by atoms with van der Waals surface area (Å²) in [7, 11) is -4.03. The number of anilines is 2. The number of sulfonamides is 1. The molecule has 1 saturated heterocycles. The van der Waals surface area contributed by atoms with Crippen LogP contribution in [-0.2, 0) is 26.2 Å². The molecule has 2 amide bonds. The van der Waals surface area contributed by atoms with Gasteiger partial charge in [0, 0.05) is 30.2 Å². The molecule has 0 bridgehead atoms. The Morgan fingerprint density at radius 1 is 1.06 bits per heavy atom. The van der Waals surface area contributed by atoms with E-state index < -0.39 is 22.5 Å². The summed E-state index contributed by atoms with van der Waals surface area (Å²) in [5.41, 5.74) is 3.63. The van der Waals surface area contributed by atoms with Crippen LogP contribution in [0, 0.1) is 13.8 Å². The summed E-state index contributed by atoms with van der Waals surface area (Å²) in [5.74, 6) is -0.380. The highest BCUT2D eigenvalue weighted by Gasteiger charge is 2.28. The molecule has 188 valence electrons. The van der Waals surface area contributed by atoms with Crippen molar-refractivity contribution in [1.82, 2.24) is 5.32 Å². The third-order valence-corrected chi connectivity index (χ3v) is 8.32. The molecular weight excluding hydrogens is 498 g/mol. The molecule has 1 heterocycles. The standard InChI is InChI=1S/C27H28ClN3O4S/c1-19-8-12-24(13-9-19)36(34,35)31(23-11-10-20(2)25(28)16-23)18-26(32)29-17-21-5-3-6-22(15-21)30-14-4-7-27(30)33/h3,5-6,8-13,15-16H,4,7,14,17-18H2,1-2H3,(H,29,32). The molecule has 0 unspecified atom stereocenters. The van der Waals surface area contributed by atoms with E-state index in [1.165, 1.54) is 12.1 Å². The second kappa shape index (κ2) is 10.7. The molecule has 0 saturated carbocycles. The Balaban J connectivity index is 1.54. The number of rotatable bonds is 8. The first-order valence-corrected chi connectivity index (χ1v) is 13.5. The maximum absolute atomic E-state index is 13.5. The number of nitrogens with one attached hydrogen (secondary N) is 1. The molecule has 1 fully saturated rings. The van der Waals surface area contributed by atoms with Gasteiger partial charge < -0.3 is 10.2 Å². The highest BCUT2D eigenvalue weighted by molar-refractivity contribution is 7.92. The Hall–Kier alpha value is -3.36. The lowest BCUT2D eigenvalue weighted by molar-refractivity contribution is -0.120. The number of amides is 2. The molecule has 0 radical (unpaired) electrons. The average Bonchev–Trinajstić information content (AvgIpc) is 3.29. The number of hydrogen-bond acceptors (Lipinski definition) is 4. The van der Waals surface area contributed by atoms with E-state index in [2.05, 4.69) is 5.32 Å². The van der Waals surface area contributed by atoms with Crippen LogP contribution in [0.4, 0.5) is 11.4 Å². The number of nitrogens with zero attached hydrogens (tertiary/aromatic N) is 2. The molecule has 0 aromatic heterocycles. The predicted molar refractivity (Wildman–Crippen MR) is 142 cm³/mol. The average molecular weight is 526 g/mol. The Labute approximate surface area is 216 Å². The number of halogens is 1. The highest BCUT2D eigenvalue weighted by Crippen LogP contribution is 2.28. The molecule has 0 atom stereocenters. The molecule has 9 heteroatoms. The van der Waals surface area contributed by atoms with E-state index in [4.69, 9.17) is 11.6 Å². The number of carbonyl (C=O) groups excluding carboxylic acids is 2. The second-order valence-electron chi connectivity index (χ2n) is 8.85. The van der Waals surface area contributed by atoms with Gasteiger partial charge >= 0.3 is 0 Å². The zero-order chi connectivity index (χ0) is 25.9. The fraction of sp³-hybridized carbons (Fsp3) is 0.259. The molecule has 1 N–H and O–H groups in total. The fourth-order valence-corrected chi connectivity index (χ4v) is 5.62. The van der Waals surface area contributed by atoms with Crippen molar-refractivity contribution < 1.29 is 18.0 Å². The minimum Gasteiger partial charge on any atom is -0.350 e. The molecule has 36 heavy (non-hydrogen) atoms. The molecule has 3 aromatic rings. The maximum atomic E-state index is 13.5. The van der Waals surface area contributed by atoms with Crippen molar-refractivity contribution >= 4 is 44.8 Å². The number of benzene rings is 3. The summed E-state index contributed by atoms with van der Waals surface area (Å²) < 4.78 is 28.1. The second-order valence-corrected chi connectivity index (χ2v) is 11.1. The molecule has 0 spiro atoms. The van der Waals surface area contributed by atoms with E-state index in [0.29, 0.717) is 23.7 Å². The SMILES string of the molecule is Cc1ccc(S(=O)(=O)N(CC(=O)NCc2cccc(N3CCCC3=O)c2)c2ccc(C)c(Cl)c2)cc1. The first-order chi connectivity index (χ1) is 17.1. The Morgan fingerprint density at radius 2 is 1.81 bits per heavy atom. The largest absolute Gasteiger partial charge is 0.350 e. The Morgan fingerprint density at radius 3 is 2.47 bits per heavy atom. The van der Waals surface area contributed by atoms with Crippen LogP contribution >= 0.6 is 11.6 Å². The van der Waals surface area contributed by atoms with Crippen LogP contribution in [0.25, 0.3) is 0 Å². The normalized spacial score (nSPS) is 13.6. The topological polar surface area (TPSA) is 86.8 Å². The predicted octanol–water partition coefficient (Wildman–Crippen LogP) is 4.60. The monoisotopic (exact) mass is 525 g/mol. The van der Waals surface area contributed by atoms with Crippen molar-refractivity contribution in [3.8, 4) is 0 Å². The molecule has 0 aliphatic carbocycles. The van der Waals surface area contributed by atoms with Crippen LogP contribution in [0.2, 0.25) is 5.02 Å². The molecular formula is C27H28ClN3O4S. The van der Waals surface area contributed by atoms with E-state index in [1.54, 1.807) is 35.2 Å². The minimum atomic E-state index is -4.03. The van der Waals surface area contributed by atoms with Gasteiger partial charge in [-0.2, -0.15) is 0 Å². The van der Waals surface area contributed by atoms with Crippen LogP contribution in [0.15, 0.2) is 71.6 Å². The number of hydrogen-bond donors (Lipinski definition) is 1. The van der Waals surface area contributed by atoms with Gasteiger partial charge in [-0.25, -0.2) is 8.42 Å². The first-order valence-electron chi connectivity index (χ1n) is 11.7. The summed E-state index contributed by atoms with van der Waals surface area (Å²) in [6.07, 6.45) is 1.36. The van der Waals surface area contributed by atoms with Gasteiger partial charge in [-0.3, -0.25) is 13.9 Å². The van der Waals surface area contributed by atoms with Crippen molar-refractivity contribution in [1.29, 1.82) is 0 Å². The van der Waals surface area contributed by atoms with Gasteiger partial charge in [0.25, 0.3) is 10.0 Å². The van der Waals surface area contributed by atoms with E-state index in [0.717, 1.165) is 33.1 Å². The first kappa shape index (κ1) is 25.7. The number of aryl methyl sites for hydroxylation is 2. The van der Waals surface area contributed by atoms with Crippen LogP contribution in [0.5, 0.6) is 0 Å². The summed E-state index contributed by atoms with van der Waals surface area (Å²) >= 11 is 6.28. The molecule has 4 rings (SSSR count). The lowest BCUT2D eigenvalue weighted by atomic mass is 10.2. The van der Waals surface area contributed by atoms with Gasteiger partial charge in [-0.15, -0.1) is 0 Å². The van der Waals surface area contributed by atoms with E-state index in [9.17, 15) is 18.0 Å². The van der Waals surface area contributed by atoms with E-state index in [-0.39, 0.29) is 17.3 Å². The van der Waals surface area contributed by atoms with Crippen molar-refractivity contribution in [3.05, 3.63) is 88.4 Å². The van der Waals surface area contributed by atoms with Crippen molar-refractivity contribution in [2.45, 2.75) is 38.1 Å². The van der Waals surface area contributed by atoms with Crippen LogP contribution < -0.4 is 14.5 Å². The zero-order valence-corrected chi connectivity index (χ0v) is 21.8. The van der Waals surface area contributed by atoms with Crippen molar-refractivity contribution in [3.63, 3.8) is 0 Å². The van der Waals surface area contributed by atoms with Crippen LogP contribution in [-0.4, -0.2) is 33.3 Å². The zero-order valence-electron chi connectivity index (χ0n) is 20.2. The van der Waals surface area contributed by atoms with Gasteiger partial charge in [0.15, 0.2) is 0 Å². The molecule has 1 aliphatic heterocycles. The smallest absolute Gasteiger partial charge is 0.264 e. The fourth-order valence-electron chi connectivity index (χ4n) is 4.03.